The predicted octanol–water partition coefficient (Wildman–Crippen LogP) is 2.33. The van der Waals surface area contributed by atoms with Crippen molar-refractivity contribution in [2.24, 2.45) is 0 Å². The zero-order valence-corrected chi connectivity index (χ0v) is 14.1. The van der Waals surface area contributed by atoms with Crippen molar-refractivity contribution in [3.05, 3.63) is 34.3 Å². The molecular formula is C15H23BrN2O2. The van der Waals surface area contributed by atoms with Crippen LogP contribution in [0.2, 0.25) is 0 Å². The van der Waals surface area contributed by atoms with Crippen LogP contribution in [0.3, 0.4) is 0 Å². The van der Waals surface area contributed by atoms with Crippen LogP contribution in [-0.4, -0.2) is 41.7 Å². The van der Waals surface area contributed by atoms with E-state index in [9.17, 15) is 9.90 Å². The van der Waals surface area contributed by atoms with Crippen molar-refractivity contribution in [2.75, 3.05) is 20.1 Å². The lowest BCUT2D eigenvalue weighted by Crippen LogP contribution is -2.42. The Morgan fingerprint density at radius 2 is 1.95 bits per heavy atom. The van der Waals surface area contributed by atoms with Crippen molar-refractivity contribution in [1.29, 1.82) is 0 Å². The van der Waals surface area contributed by atoms with Gasteiger partial charge in [-0.25, -0.2) is 0 Å². The number of likely N-dealkylation sites (N-methyl/N-ethyl adjacent to an activating group) is 1. The van der Waals surface area contributed by atoms with Gasteiger partial charge in [0.25, 0.3) is 0 Å². The molecular weight excluding hydrogens is 320 g/mol. The Hall–Kier alpha value is -0.910. The highest BCUT2D eigenvalue weighted by Crippen LogP contribution is 2.16. The third-order valence-electron chi connectivity index (χ3n) is 2.82. The number of nitrogens with one attached hydrogen (secondary N) is 1. The van der Waals surface area contributed by atoms with E-state index in [-0.39, 0.29) is 18.5 Å². The van der Waals surface area contributed by atoms with Gasteiger partial charge in [0.1, 0.15) is 0 Å². The average Bonchev–Trinajstić information content (AvgIpc) is 2.26. The molecule has 112 valence electrons. The summed E-state index contributed by atoms with van der Waals surface area (Å²) in [6, 6.07) is 7.84. The molecule has 4 nitrogen and oxygen atoms in total. The number of aliphatic hydroxyl groups is 1. The highest BCUT2D eigenvalue weighted by molar-refractivity contribution is 9.10. The maximum absolute atomic E-state index is 11.9. The second kappa shape index (κ2) is 7.20. The molecule has 0 aliphatic rings. The summed E-state index contributed by atoms with van der Waals surface area (Å²) in [5, 5.41) is 12.7. The van der Waals surface area contributed by atoms with E-state index >= 15 is 0 Å². The minimum absolute atomic E-state index is 0.0360. The second-order valence-electron chi connectivity index (χ2n) is 5.83. The first-order valence-electron chi connectivity index (χ1n) is 6.63. The Bertz CT molecular complexity index is 440. The minimum Gasteiger partial charge on any atom is -0.389 e. The average molecular weight is 343 g/mol. The van der Waals surface area contributed by atoms with Crippen molar-refractivity contribution in [3.8, 4) is 0 Å². The lowest BCUT2D eigenvalue weighted by molar-refractivity contribution is -0.123. The van der Waals surface area contributed by atoms with Crippen molar-refractivity contribution in [3.63, 3.8) is 0 Å². The molecule has 1 aromatic carbocycles. The summed E-state index contributed by atoms with van der Waals surface area (Å²) >= 11 is 3.39. The molecule has 20 heavy (non-hydrogen) atoms. The van der Waals surface area contributed by atoms with Gasteiger partial charge in [0, 0.05) is 11.0 Å². The third kappa shape index (κ3) is 6.50. The zero-order valence-electron chi connectivity index (χ0n) is 12.5. The molecule has 1 atom stereocenters. The molecule has 1 amide bonds. The first-order chi connectivity index (χ1) is 9.17. The summed E-state index contributed by atoms with van der Waals surface area (Å²) < 4.78 is 1.02. The summed E-state index contributed by atoms with van der Waals surface area (Å²) in [5.74, 6) is -0.0489. The molecule has 2 N–H and O–H groups in total. The van der Waals surface area contributed by atoms with E-state index in [0.717, 1.165) is 10.0 Å². The number of hydrogen-bond donors (Lipinski definition) is 2. The van der Waals surface area contributed by atoms with E-state index < -0.39 is 5.60 Å². The lowest BCUT2D eigenvalue weighted by atomic mass is 10.1. The minimum atomic E-state index is -0.799. The maximum atomic E-state index is 11.9. The van der Waals surface area contributed by atoms with Gasteiger partial charge in [-0.3, -0.25) is 9.69 Å². The number of benzene rings is 1. The van der Waals surface area contributed by atoms with E-state index in [1.807, 2.05) is 43.1 Å². The van der Waals surface area contributed by atoms with E-state index in [2.05, 4.69) is 21.2 Å². The van der Waals surface area contributed by atoms with Crippen molar-refractivity contribution < 1.29 is 9.90 Å². The van der Waals surface area contributed by atoms with E-state index in [1.165, 1.54) is 0 Å². The Labute approximate surface area is 129 Å². The fraction of sp³-hybridized carbons (Fsp3) is 0.533. The molecule has 1 rings (SSSR count). The standard InChI is InChI=1S/C15H23BrN2O2/c1-11(12-5-7-13(16)8-6-12)17-14(19)9-18(4)10-15(2,3)20/h5-8,11,20H,9-10H2,1-4H3,(H,17,19). The van der Waals surface area contributed by atoms with Crippen LogP contribution < -0.4 is 5.32 Å². The van der Waals surface area contributed by atoms with Crippen LogP contribution in [0, 0.1) is 0 Å². The Balaban J connectivity index is 2.47. The number of halogens is 1. The van der Waals surface area contributed by atoms with Gasteiger partial charge in [-0.1, -0.05) is 28.1 Å². The number of nitrogens with zero attached hydrogens (tertiary/aromatic N) is 1. The highest BCUT2D eigenvalue weighted by atomic mass is 79.9. The third-order valence-corrected chi connectivity index (χ3v) is 3.35. The zero-order chi connectivity index (χ0) is 15.3. The van der Waals surface area contributed by atoms with Crippen LogP contribution >= 0.6 is 15.9 Å². The summed E-state index contributed by atoms with van der Waals surface area (Å²) in [7, 11) is 1.82. The first kappa shape index (κ1) is 17.1. The van der Waals surface area contributed by atoms with Crippen LogP contribution in [0.1, 0.15) is 32.4 Å². The molecule has 0 saturated heterocycles. The fourth-order valence-electron chi connectivity index (χ4n) is 2.08. The topological polar surface area (TPSA) is 52.6 Å². The second-order valence-corrected chi connectivity index (χ2v) is 6.74. The summed E-state index contributed by atoms with van der Waals surface area (Å²) in [6.07, 6.45) is 0. The molecule has 1 unspecified atom stereocenters. The van der Waals surface area contributed by atoms with Gasteiger partial charge < -0.3 is 10.4 Å². The number of carbonyl (C=O) groups is 1. The van der Waals surface area contributed by atoms with Gasteiger partial charge in [-0.2, -0.15) is 0 Å². The number of hydrogen-bond acceptors (Lipinski definition) is 3. The molecule has 0 spiro atoms. The summed E-state index contributed by atoms with van der Waals surface area (Å²) in [4.78, 5) is 13.8. The van der Waals surface area contributed by atoms with Gasteiger partial charge in [-0.15, -0.1) is 0 Å². The molecule has 0 saturated carbocycles. The van der Waals surface area contributed by atoms with Gasteiger partial charge in [0.15, 0.2) is 0 Å². The van der Waals surface area contributed by atoms with Crippen molar-refractivity contribution >= 4 is 21.8 Å². The van der Waals surface area contributed by atoms with Crippen molar-refractivity contribution in [2.45, 2.75) is 32.4 Å². The summed E-state index contributed by atoms with van der Waals surface area (Å²) in [5.41, 5.74) is 0.262. The smallest absolute Gasteiger partial charge is 0.234 e. The highest BCUT2D eigenvalue weighted by Gasteiger charge is 2.18. The Kier molecular flexibility index (Phi) is 6.17. The lowest BCUT2D eigenvalue weighted by Gasteiger charge is -2.25. The molecule has 0 aliphatic heterocycles. The number of rotatable bonds is 6. The molecule has 0 fully saturated rings. The fourth-order valence-corrected chi connectivity index (χ4v) is 2.35. The molecule has 0 heterocycles. The van der Waals surface area contributed by atoms with Gasteiger partial charge in [0.2, 0.25) is 5.91 Å². The monoisotopic (exact) mass is 342 g/mol. The van der Waals surface area contributed by atoms with Crippen LogP contribution in [-0.2, 0) is 4.79 Å². The summed E-state index contributed by atoms with van der Waals surface area (Å²) in [6.45, 7) is 6.13. The van der Waals surface area contributed by atoms with Crippen molar-refractivity contribution in [1.82, 2.24) is 10.2 Å². The molecule has 0 aliphatic carbocycles. The van der Waals surface area contributed by atoms with Crippen LogP contribution in [0.4, 0.5) is 0 Å². The Morgan fingerprint density at radius 1 is 1.40 bits per heavy atom. The van der Waals surface area contributed by atoms with Gasteiger partial charge >= 0.3 is 0 Å². The molecule has 0 bridgehead atoms. The largest absolute Gasteiger partial charge is 0.389 e. The molecule has 0 aromatic heterocycles. The van der Waals surface area contributed by atoms with Crippen LogP contribution in [0.15, 0.2) is 28.7 Å². The quantitative estimate of drug-likeness (QED) is 0.834. The van der Waals surface area contributed by atoms with Gasteiger partial charge in [-0.05, 0) is 45.5 Å². The van der Waals surface area contributed by atoms with Crippen LogP contribution in [0.25, 0.3) is 0 Å². The predicted molar refractivity (Wildman–Crippen MR) is 84.5 cm³/mol. The maximum Gasteiger partial charge on any atom is 0.234 e. The Morgan fingerprint density at radius 3 is 2.45 bits per heavy atom. The normalized spacial score (nSPS) is 13.3. The number of carbonyl (C=O) groups excluding carboxylic acids is 1. The van der Waals surface area contributed by atoms with Gasteiger partial charge in [0.05, 0.1) is 18.2 Å². The molecule has 0 radical (unpaired) electrons. The van der Waals surface area contributed by atoms with E-state index in [1.54, 1.807) is 13.8 Å². The molecule has 5 heteroatoms. The van der Waals surface area contributed by atoms with E-state index in [4.69, 9.17) is 0 Å². The van der Waals surface area contributed by atoms with E-state index in [0.29, 0.717) is 6.54 Å². The first-order valence-corrected chi connectivity index (χ1v) is 7.42. The molecule has 1 aromatic rings. The SMILES string of the molecule is CC(NC(=O)CN(C)CC(C)(C)O)c1ccc(Br)cc1. The number of amides is 1. The van der Waals surface area contributed by atoms with Crippen LogP contribution in [0.5, 0.6) is 0 Å².